The number of hydrogen-bond donors (Lipinski definition) is 1. The van der Waals surface area contributed by atoms with Gasteiger partial charge in [-0.1, -0.05) is 12.1 Å². The van der Waals surface area contributed by atoms with Crippen LogP contribution < -0.4 is 10.1 Å². The van der Waals surface area contributed by atoms with Gasteiger partial charge in [-0.3, -0.25) is 9.69 Å². The highest BCUT2D eigenvalue weighted by Crippen LogP contribution is 2.43. The molecular weight excluding hydrogens is 422 g/mol. The standard InChI is InChI=1S/C23H24F2N2O3S/c1-14-15(2)31-22(26-21(28)18-6-5-13-29-18)19(14)20(27-11-3-4-12-27)16-7-9-17(10-8-16)30-23(24)25/h5-10,13,20,23H,3-4,11-12H2,1-2H3,(H,26,28)/t20-/m0/s1. The second-order valence-corrected chi connectivity index (χ2v) is 8.78. The molecule has 2 aromatic heterocycles. The number of likely N-dealkylation sites (tertiary alicyclic amines) is 1. The van der Waals surface area contributed by atoms with E-state index < -0.39 is 6.61 Å². The van der Waals surface area contributed by atoms with Crippen molar-refractivity contribution in [2.75, 3.05) is 18.4 Å². The molecule has 0 saturated carbocycles. The highest BCUT2D eigenvalue weighted by atomic mass is 32.1. The topological polar surface area (TPSA) is 54.7 Å². The van der Waals surface area contributed by atoms with Gasteiger partial charge in [0.25, 0.3) is 5.91 Å². The molecule has 3 aromatic rings. The average Bonchev–Trinajstić information content (AvgIpc) is 3.49. The van der Waals surface area contributed by atoms with Crippen LogP contribution in [-0.4, -0.2) is 30.5 Å². The fourth-order valence-corrected chi connectivity index (χ4v) is 5.12. The van der Waals surface area contributed by atoms with Gasteiger partial charge in [-0.05, 0) is 75.2 Å². The number of thiophene rings is 1. The summed E-state index contributed by atoms with van der Waals surface area (Å²) in [7, 11) is 0. The van der Waals surface area contributed by atoms with Gasteiger partial charge in [0.15, 0.2) is 5.76 Å². The van der Waals surface area contributed by atoms with E-state index in [1.807, 2.05) is 19.1 Å². The Morgan fingerprint density at radius 1 is 1.16 bits per heavy atom. The molecule has 0 aliphatic carbocycles. The Morgan fingerprint density at radius 3 is 2.48 bits per heavy atom. The first-order valence-electron chi connectivity index (χ1n) is 10.2. The molecule has 1 aliphatic heterocycles. The highest BCUT2D eigenvalue weighted by Gasteiger charge is 2.31. The summed E-state index contributed by atoms with van der Waals surface area (Å²) in [6.07, 6.45) is 3.66. The monoisotopic (exact) mass is 446 g/mol. The highest BCUT2D eigenvalue weighted by molar-refractivity contribution is 7.16. The Balaban J connectivity index is 1.72. The molecule has 4 rings (SSSR count). The normalized spacial score (nSPS) is 15.4. The van der Waals surface area contributed by atoms with Crippen molar-refractivity contribution in [1.29, 1.82) is 0 Å². The Bertz CT molecular complexity index is 1030. The second kappa shape index (κ2) is 9.20. The van der Waals surface area contributed by atoms with Crippen molar-refractivity contribution < 1.29 is 22.7 Å². The molecule has 31 heavy (non-hydrogen) atoms. The van der Waals surface area contributed by atoms with E-state index in [9.17, 15) is 13.6 Å². The van der Waals surface area contributed by atoms with Crippen LogP contribution in [0.5, 0.6) is 5.75 Å². The fraction of sp³-hybridized carbons (Fsp3) is 0.348. The van der Waals surface area contributed by atoms with Crippen molar-refractivity contribution in [1.82, 2.24) is 4.90 Å². The van der Waals surface area contributed by atoms with Gasteiger partial charge in [-0.15, -0.1) is 11.3 Å². The molecule has 1 saturated heterocycles. The number of carbonyl (C=O) groups excluding carboxylic acids is 1. The molecule has 1 aliphatic rings. The third-order valence-corrected chi connectivity index (χ3v) is 6.74. The number of anilines is 1. The summed E-state index contributed by atoms with van der Waals surface area (Å²) < 4.78 is 34.9. The summed E-state index contributed by atoms with van der Waals surface area (Å²) in [5.41, 5.74) is 3.12. The molecule has 5 nitrogen and oxygen atoms in total. The molecular formula is C23H24F2N2O3S. The SMILES string of the molecule is Cc1sc(NC(=O)c2ccco2)c([C@H](c2ccc(OC(F)F)cc2)N2CCCC2)c1C. The number of ether oxygens (including phenoxy) is 1. The number of rotatable bonds is 7. The molecule has 1 atom stereocenters. The zero-order valence-corrected chi connectivity index (χ0v) is 18.2. The van der Waals surface area contributed by atoms with Gasteiger partial charge >= 0.3 is 6.61 Å². The van der Waals surface area contributed by atoms with Gasteiger partial charge < -0.3 is 14.5 Å². The van der Waals surface area contributed by atoms with Crippen LogP contribution in [-0.2, 0) is 0 Å². The molecule has 0 unspecified atom stereocenters. The average molecular weight is 447 g/mol. The van der Waals surface area contributed by atoms with Gasteiger partial charge in [0, 0.05) is 10.4 Å². The van der Waals surface area contributed by atoms with Crippen molar-refractivity contribution in [2.45, 2.75) is 39.3 Å². The van der Waals surface area contributed by atoms with E-state index >= 15 is 0 Å². The minimum atomic E-state index is -2.86. The lowest BCUT2D eigenvalue weighted by atomic mass is 9.95. The summed E-state index contributed by atoms with van der Waals surface area (Å²) in [6.45, 7) is 3.10. The Kier molecular flexibility index (Phi) is 6.38. The van der Waals surface area contributed by atoms with E-state index in [0.29, 0.717) is 0 Å². The van der Waals surface area contributed by atoms with Crippen LogP contribution in [0, 0.1) is 13.8 Å². The molecule has 1 aromatic carbocycles. The predicted molar refractivity (Wildman–Crippen MR) is 116 cm³/mol. The lowest BCUT2D eigenvalue weighted by Gasteiger charge is -2.29. The number of nitrogens with zero attached hydrogens (tertiary/aromatic N) is 1. The number of benzene rings is 1. The molecule has 0 bridgehead atoms. The summed E-state index contributed by atoms with van der Waals surface area (Å²) >= 11 is 1.54. The first-order chi connectivity index (χ1) is 14.9. The van der Waals surface area contributed by atoms with Crippen LogP contribution in [0.15, 0.2) is 47.1 Å². The maximum Gasteiger partial charge on any atom is 0.387 e. The number of amides is 1. The zero-order chi connectivity index (χ0) is 22.0. The molecule has 0 spiro atoms. The van der Waals surface area contributed by atoms with Crippen LogP contribution in [0.4, 0.5) is 13.8 Å². The Labute approximate surface area is 183 Å². The number of nitrogens with one attached hydrogen (secondary N) is 1. The number of carbonyl (C=O) groups is 1. The molecule has 3 heterocycles. The third-order valence-electron chi connectivity index (χ3n) is 5.60. The molecule has 1 fully saturated rings. The third kappa shape index (κ3) is 4.65. The van der Waals surface area contributed by atoms with Gasteiger partial charge in [0.1, 0.15) is 10.8 Å². The largest absolute Gasteiger partial charge is 0.459 e. The second-order valence-electron chi connectivity index (χ2n) is 7.55. The Morgan fingerprint density at radius 2 is 1.87 bits per heavy atom. The molecule has 0 radical (unpaired) electrons. The summed E-state index contributed by atoms with van der Waals surface area (Å²) in [6, 6.07) is 10.00. The first kappa shape index (κ1) is 21.5. The van der Waals surface area contributed by atoms with Crippen LogP contribution >= 0.6 is 11.3 Å². The maximum absolute atomic E-state index is 12.7. The van der Waals surface area contributed by atoms with Gasteiger partial charge in [-0.25, -0.2) is 0 Å². The number of halogens is 2. The summed E-state index contributed by atoms with van der Waals surface area (Å²) in [5.74, 6) is 0.0812. The summed E-state index contributed by atoms with van der Waals surface area (Å²) in [5, 5.41) is 3.80. The minimum absolute atomic E-state index is 0.0973. The van der Waals surface area contributed by atoms with Crippen LogP contribution in [0.2, 0.25) is 0 Å². The Hall–Kier alpha value is -2.71. The van der Waals surface area contributed by atoms with E-state index in [-0.39, 0.29) is 23.5 Å². The van der Waals surface area contributed by atoms with Crippen molar-refractivity contribution in [3.63, 3.8) is 0 Å². The fourth-order valence-electron chi connectivity index (χ4n) is 4.03. The maximum atomic E-state index is 12.7. The smallest absolute Gasteiger partial charge is 0.387 e. The van der Waals surface area contributed by atoms with Crippen LogP contribution in [0.25, 0.3) is 0 Å². The zero-order valence-electron chi connectivity index (χ0n) is 17.4. The summed E-state index contributed by atoms with van der Waals surface area (Å²) in [4.78, 5) is 16.2. The van der Waals surface area contributed by atoms with Gasteiger partial charge in [-0.2, -0.15) is 8.78 Å². The van der Waals surface area contributed by atoms with E-state index in [0.717, 1.165) is 52.5 Å². The van der Waals surface area contributed by atoms with Gasteiger partial charge in [0.2, 0.25) is 0 Å². The van der Waals surface area contributed by atoms with Crippen molar-refractivity contribution in [3.8, 4) is 5.75 Å². The lowest BCUT2D eigenvalue weighted by molar-refractivity contribution is -0.0498. The van der Waals surface area contributed by atoms with E-state index in [1.165, 1.54) is 17.6 Å². The van der Waals surface area contributed by atoms with Gasteiger partial charge in [0.05, 0.1) is 12.3 Å². The van der Waals surface area contributed by atoms with Crippen LogP contribution in [0.3, 0.4) is 0 Å². The predicted octanol–water partition coefficient (Wildman–Crippen LogP) is 6.00. The quantitative estimate of drug-likeness (QED) is 0.484. The number of hydrogen-bond acceptors (Lipinski definition) is 5. The molecule has 164 valence electrons. The van der Waals surface area contributed by atoms with E-state index in [1.54, 1.807) is 24.3 Å². The van der Waals surface area contributed by atoms with Crippen LogP contribution in [0.1, 0.15) is 51.0 Å². The number of aryl methyl sites for hydroxylation is 1. The van der Waals surface area contributed by atoms with Crippen molar-refractivity contribution in [2.24, 2.45) is 0 Å². The van der Waals surface area contributed by atoms with E-state index in [2.05, 4.69) is 21.9 Å². The lowest BCUT2D eigenvalue weighted by Crippen LogP contribution is -2.28. The molecule has 8 heteroatoms. The molecule has 1 N–H and O–H groups in total. The minimum Gasteiger partial charge on any atom is -0.459 e. The van der Waals surface area contributed by atoms with E-state index in [4.69, 9.17) is 4.42 Å². The molecule has 1 amide bonds. The van der Waals surface area contributed by atoms with Crippen molar-refractivity contribution >= 4 is 22.2 Å². The van der Waals surface area contributed by atoms with Crippen molar-refractivity contribution in [3.05, 3.63) is 70.0 Å². The number of furan rings is 1. The first-order valence-corrected chi connectivity index (χ1v) is 11.0. The number of alkyl halides is 2.